The van der Waals surface area contributed by atoms with Crippen LogP contribution in [-0.2, 0) is 23.9 Å². The Morgan fingerprint density at radius 2 is 1.93 bits per heavy atom. The van der Waals surface area contributed by atoms with Crippen LogP contribution < -0.4 is 16.4 Å². The van der Waals surface area contributed by atoms with Gasteiger partial charge in [-0.2, -0.15) is 0 Å². The lowest BCUT2D eigenvalue weighted by Crippen LogP contribution is -2.55. The fourth-order valence-corrected chi connectivity index (χ4v) is 6.24. The van der Waals surface area contributed by atoms with E-state index in [2.05, 4.69) is 31.4 Å². The van der Waals surface area contributed by atoms with Crippen LogP contribution >= 0.6 is 11.6 Å². The molecule has 0 radical (unpaired) electrons. The van der Waals surface area contributed by atoms with Crippen molar-refractivity contribution in [3.05, 3.63) is 28.8 Å². The predicted molar refractivity (Wildman–Crippen MR) is 150 cm³/mol. The Balaban J connectivity index is 1.37. The van der Waals surface area contributed by atoms with Crippen LogP contribution in [0.1, 0.15) is 76.6 Å². The van der Waals surface area contributed by atoms with E-state index in [0.717, 1.165) is 19.3 Å². The number of ether oxygens (including phenoxy) is 2. The molecule has 1 aliphatic carbocycles. The Labute approximate surface area is 240 Å². The molecule has 4 rings (SSSR count). The van der Waals surface area contributed by atoms with E-state index in [9.17, 15) is 19.2 Å². The Morgan fingerprint density at radius 3 is 2.62 bits per heavy atom. The molecule has 1 aromatic rings. The molecule has 0 aromatic heterocycles. The Bertz CT molecular complexity index is 1130. The summed E-state index contributed by atoms with van der Waals surface area (Å²) in [5.41, 5.74) is 6.34. The van der Waals surface area contributed by atoms with Crippen molar-refractivity contribution in [1.82, 2.24) is 15.5 Å². The van der Waals surface area contributed by atoms with E-state index in [0.29, 0.717) is 42.8 Å². The molecule has 40 heavy (non-hydrogen) atoms. The highest BCUT2D eigenvalue weighted by Crippen LogP contribution is 2.37. The van der Waals surface area contributed by atoms with Crippen molar-refractivity contribution < 1.29 is 28.7 Å². The molecule has 2 aliphatic heterocycles. The molecule has 10 nitrogen and oxygen atoms in total. The fraction of sp³-hybridized carbons (Fsp3) is 0.655. The molecule has 2 saturated heterocycles. The number of hydrogen-bond acceptors (Lipinski definition) is 7. The van der Waals surface area contributed by atoms with Crippen molar-refractivity contribution in [1.29, 1.82) is 0 Å². The molecule has 3 amide bonds. The number of esters is 1. The lowest BCUT2D eigenvalue weighted by atomic mass is 9.75. The lowest BCUT2D eigenvalue weighted by molar-refractivity contribution is -0.191. The second-order valence-electron chi connectivity index (χ2n) is 11.8. The molecule has 4 N–H and O–H groups in total. The zero-order chi connectivity index (χ0) is 29.1. The first-order valence-corrected chi connectivity index (χ1v) is 14.6. The third kappa shape index (κ3) is 6.89. The van der Waals surface area contributed by atoms with Gasteiger partial charge in [0.15, 0.2) is 0 Å². The molecule has 11 heteroatoms. The molecular weight excluding hydrogens is 536 g/mol. The number of likely N-dealkylation sites (tertiary alicyclic amines) is 1. The zero-order valence-electron chi connectivity index (χ0n) is 23.7. The highest BCUT2D eigenvalue weighted by atomic mass is 35.5. The number of hydrogen-bond donors (Lipinski definition) is 3. The van der Waals surface area contributed by atoms with Gasteiger partial charge in [-0.05, 0) is 68.6 Å². The number of rotatable bonds is 8. The van der Waals surface area contributed by atoms with E-state index in [4.69, 9.17) is 26.8 Å². The standard InChI is InChI=1S/C29H41ClN4O6/c1-15(2)19-9-7-16(3)12-24(19)39-29-22(14-25(35)40-29)33-27(37)23-6-5-11-34(23)28(38)17(4)32-26(36)18-8-10-21(31)20(30)13-18/h8,10,13,15-17,19,22-24,29H,5-7,9,11-12,14,31H2,1-4H3,(H,32,36)(H,33,37)/t16-,17+,19+,22+,23+,24?,29?/m1/s1. The summed E-state index contributed by atoms with van der Waals surface area (Å²) in [4.78, 5) is 53.1. The summed E-state index contributed by atoms with van der Waals surface area (Å²) in [6.45, 7) is 8.53. The number of halogens is 1. The van der Waals surface area contributed by atoms with Crippen molar-refractivity contribution in [3.8, 4) is 0 Å². The monoisotopic (exact) mass is 576 g/mol. The van der Waals surface area contributed by atoms with Crippen molar-refractivity contribution in [2.45, 2.75) is 96.7 Å². The SMILES string of the molecule is CC(C)[C@@H]1CC[C@@H](C)CC1OC1OC(=O)C[C@@H]1NC(=O)[C@@H]1CCCN1C(=O)[C@H](C)NC(=O)c1ccc(N)c(Cl)c1. The number of cyclic esters (lactones) is 1. The molecule has 2 heterocycles. The quantitative estimate of drug-likeness (QED) is 0.319. The average molecular weight is 577 g/mol. The van der Waals surface area contributed by atoms with E-state index in [1.165, 1.54) is 23.1 Å². The minimum atomic E-state index is -0.869. The molecular formula is C29H41ClN4O6. The highest BCUT2D eigenvalue weighted by Gasteiger charge is 2.44. The van der Waals surface area contributed by atoms with Gasteiger partial charge in [0.1, 0.15) is 18.1 Å². The van der Waals surface area contributed by atoms with Crippen LogP contribution in [0.3, 0.4) is 0 Å². The van der Waals surface area contributed by atoms with Gasteiger partial charge in [-0.15, -0.1) is 0 Å². The van der Waals surface area contributed by atoms with Crippen LogP contribution in [-0.4, -0.2) is 65.7 Å². The van der Waals surface area contributed by atoms with Gasteiger partial charge in [0.25, 0.3) is 5.91 Å². The molecule has 1 saturated carbocycles. The number of benzene rings is 1. The average Bonchev–Trinajstić information content (AvgIpc) is 3.51. The van der Waals surface area contributed by atoms with Gasteiger partial charge in [0.05, 0.1) is 23.2 Å². The first kappa shape index (κ1) is 30.1. The molecule has 3 aliphatic rings. The molecule has 1 aromatic carbocycles. The number of nitrogens with one attached hydrogen (secondary N) is 2. The number of carbonyl (C=O) groups excluding carboxylic acids is 4. The third-order valence-corrected chi connectivity index (χ3v) is 8.71. The van der Waals surface area contributed by atoms with Gasteiger partial charge in [0.2, 0.25) is 18.1 Å². The van der Waals surface area contributed by atoms with Gasteiger partial charge in [-0.25, -0.2) is 0 Å². The first-order valence-electron chi connectivity index (χ1n) is 14.3. The van der Waals surface area contributed by atoms with Crippen LogP contribution in [0.25, 0.3) is 0 Å². The van der Waals surface area contributed by atoms with Crippen LogP contribution in [0, 0.1) is 17.8 Å². The Morgan fingerprint density at radius 1 is 1.18 bits per heavy atom. The van der Waals surface area contributed by atoms with Gasteiger partial charge in [-0.3, -0.25) is 19.2 Å². The Hall–Kier alpha value is -2.85. The van der Waals surface area contributed by atoms with Gasteiger partial charge >= 0.3 is 5.97 Å². The molecule has 2 unspecified atom stereocenters. The van der Waals surface area contributed by atoms with E-state index in [1.807, 2.05) is 0 Å². The maximum Gasteiger partial charge on any atom is 0.310 e. The number of carbonyl (C=O) groups is 4. The van der Waals surface area contributed by atoms with Crippen LogP contribution in [0.2, 0.25) is 5.02 Å². The largest absolute Gasteiger partial charge is 0.433 e. The van der Waals surface area contributed by atoms with Crippen LogP contribution in [0.15, 0.2) is 18.2 Å². The van der Waals surface area contributed by atoms with E-state index < -0.39 is 36.3 Å². The Kier molecular flexibility index (Phi) is 9.61. The summed E-state index contributed by atoms with van der Waals surface area (Å²) in [6.07, 6.45) is 3.32. The summed E-state index contributed by atoms with van der Waals surface area (Å²) >= 11 is 6.02. The highest BCUT2D eigenvalue weighted by molar-refractivity contribution is 6.33. The number of anilines is 1. The minimum Gasteiger partial charge on any atom is -0.433 e. The molecule has 3 fully saturated rings. The van der Waals surface area contributed by atoms with E-state index in [1.54, 1.807) is 6.92 Å². The van der Waals surface area contributed by atoms with Crippen LogP contribution in [0.4, 0.5) is 5.69 Å². The van der Waals surface area contributed by atoms with Crippen molar-refractivity contribution in [3.63, 3.8) is 0 Å². The third-order valence-electron chi connectivity index (χ3n) is 8.38. The number of nitrogens with two attached hydrogens (primary N) is 1. The summed E-state index contributed by atoms with van der Waals surface area (Å²) in [6, 6.07) is 2.28. The topological polar surface area (TPSA) is 140 Å². The second kappa shape index (κ2) is 12.8. The summed E-state index contributed by atoms with van der Waals surface area (Å²) < 4.78 is 11.9. The van der Waals surface area contributed by atoms with Crippen molar-refractivity contribution in [2.75, 3.05) is 12.3 Å². The smallest absolute Gasteiger partial charge is 0.310 e. The number of nitrogens with zero attached hydrogens (tertiary/aromatic N) is 1. The molecule has 7 atom stereocenters. The van der Waals surface area contributed by atoms with Gasteiger partial charge < -0.3 is 30.7 Å². The zero-order valence-corrected chi connectivity index (χ0v) is 24.4. The fourth-order valence-electron chi connectivity index (χ4n) is 6.06. The summed E-state index contributed by atoms with van der Waals surface area (Å²) in [5, 5.41) is 5.86. The summed E-state index contributed by atoms with van der Waals surface area (Å²) in [7, 11) is 0. The van der Waals surface area contributed by atoms with E-state index in [-0.39, 0.29) is 34.9 Å². The summed E-state index contributed by atoms with van der Waals surface area (Å²) in [5.74, 6) is -0.308. The van der Waals surface area contributed by atoms with Crippen molar-refractivity contribution in [2.24, 2.45) is 17.8 Å². The van der Waals surface area contributed by atoms with Gasteiger partial charge in [0, 0.05) is 12.1 Å². The minimum absolute atomic E-state index is 0.0162. The predicted octanol–water partition coefficient (Wildman–Crippen LogP) is 3.27. The number of nitrogen functional groups attached to an aromatic ring is 1. The molecule has 0 bridgehead atoms. The van der Waals surface area contributed by atoms with Crippen molar-refractivity contribution >= 4 is 41.0 Å². The van der Waals surface area contributed by atoms with Crippen LogP contribution in [0.5, 0.6) is 0 Å². The van der Waals surface area contributed by atoms with Gasteiger partial charge in [-0.1, -0.05) is 38.8 Å². The maximum atomic E-state index is 13.4. The second-order valence-corrected chi connectivity index (χ2v) is 12.2. The first-order chi connectivity index (χ1) is 18.9. The van der Waals surface area contributed by atoms with E-state index >= 15 is 0 Å². The maximum absolute atomic E-state index is 13.4. The normalized spacial score (nSPS) is 29.2. The number of amides is 3. The molecule has 0 spiro atoms. The molecule has 220 valence electrons. The lowest BCUT2D eigenvalue weighted by Gasteiger charge is -2.39.